The first-order chi connectivity index (χ1) is 8.72. The van der Waals surface area contributed by atoms with E-state index in [0.717, 1.165) is 5.56 Å². The molecular formula is C14H20O4. The average Bonchev–Trinajstić information content (AvgIpc) is 2.68. The molecule has 1 N–H and O–H groups in total. The standard InChI is InChI=1S/C14H20O4/c1-10-12(18-14(16-2)13(10)15)9-17-8-11-6-4-3-5-7-11/h3-7,10,12-15H,8-9H2,1-2H3/t10-,12+,13+,14+/m0/s1. The minimum atomic E-state index is -0.583. The molecule has 1 heterocycles. The van der Waals surface area contributed by atoms with Crippen LogP contribution in [0.25, 0.3) is 0 Å². The first-order valence-electron chi connectivity index (χ1n) is 6.20. The van der Waals surface area contributed by atoms with Gasteiger partial charge in [-0.3, -0.25) is 0 Å². The van der Waals surface area contributed by atoms with Crippen LogP contribution in [0.1, 0.15) is 12.5 Å². The van der Waals surface area contributed by atoms with E-state index in [9.17, 15) is 5.11 Å². The maximum atomic E-state index is 9.84. The van der Waals surface area contributed by atoms with Crippen molar-refractivity contribution in [3.05, 3.63) is 35.9 Å². The van der Waals surface area contributed by atoms with Crippen molar-refractivity contribution in [1.82, 2.24) is 0 Å². The Morgan fingerprint density at radius 3 is 2.61 bits per heavy atom. The maximum absolute atomic E-state index is 9.84. The number of rotatable bonds is 5. The van der Waals surface area contributed by atoms with E-state index in [0.29, 0.717) is 13.2 Å². The Hall–Kier alpha value is -0.940. The number of aliphatic hydroxyl groups is 1. The Labute approximate surface area is 107 Å². The molecule has 4 atom stereocenters. The molecular weight excluding hydrogens is 232 g/mol. The lowest BCUT2D eigenvalue weighted by Crippen LogP contribution is -2.27. The van der Waals surface area contributed by atoms with Gasteiger partial charge in [0, 0.05) is 13.0 Å². The van der Waals surface area contributed by atoms with Crippen LogP contribution in [0, 0.1) is 5.92 Å². The molecule has 1 fully saturated rings. The second-order valence-corrected chi connectivity index (χ2v) is 4.63. The summed E-state index contributed by atoms with van der Waals surface area (Å²) in [6.45, 7) is 2.97. The molecule has 4 nitrogen and oxygen atoms in total. The van der Waals surface area contributed by atoms with Gasteiger partial charge >= 0.3 is 0 Å². The van der Waals surface area contributed by atoms with Crippen LogP contribution in [0.4, 0.5) is 0 Å². The monoisotopic (exact) mass is 252 g/mol. The van der Waals surface area contributed by atoms with E-state index in [2.05, 4.69) is 0 Å². The molecule has 0 amide bonds. The van der Waals surface area contributed by atoms with E-state index in [1.165, 1.54) is 7.11 Å². The van der Waals surface area contributed by atoms with E-state index in [4.69, 9.17) is 14.2 Å². The molecule has 4 heteroatoms. The Bertz CT molecular complexity index is 354. The fourth-order valence-electron chi connectivity index (χ4n) is 2.10. The molecule has 0 radical (unpaired) electrons. The van der Waals surface area contributed by atoms with Crippen molar-refractivity contribution in [3.8, 4) is 0 Å². The number of aliphatic hydroxyl groups excluding tert-OH is 1. The lowest BCUT2D eigenvalue weighted by Gasteiger charge is -2.15. The van der Waals surface area contributed by atoms with Crippen LogP contribution in [-0.2, 0) is 20.8 Å². The first-order valence-corrected chi connectivity index (χ1v) is 6.20. The van der Waals surface area contributed by atoms with Gasteiger partial charge in [0.15, 0.2) is 6.29 Å². The van der Waals surface area contributed by atoms with Gasteiger partial charge in [-0.25, -0.2) is 0 Å². The summed E-state index contributed by atoms with van der Waals surface area (Å²) in [5.74, 6) is 0.0192. The molecule has 2 rings (SSSR count). The Morgan fingerprint density at radius 1 is 1.28 bits per heavy atom. The van der Waals surface area contributed by atoms with Gasteiger partial charge in [-0.05, 0) is 5.56 Å². The summed E-state index contributed by atoms with van der Waals surface area (Å²) in [4.78, 5) is 0. The van der Waals surface area contributed by atoms with E-state index in [-0.39, 0.29) is 12.0 Å². The van der Waals surface area contributed by atoms with Crippen molar-refractivity contribution in [2.45, 2.75) is 32.0 Å². The molecule has 0 aromatic heterocycles. The first kappa shape index (κ1) is 13.5. The highest BCUT2D eigenvalue weighted by molar-refractivity contribution is 5.13. The van der Waals surface area contributed by atoms with Crippen LogP contribution in [0.5, 0.6) is 0 Å². The molecule has 18 heavy (non-hydrogen) atoms. The highest BCUT2D eigenvalue weighted by atomic mass is 16.7. The van der Waals surface area contributed by atoms with Crippen LogP contribution in [0.2, 0.25) is 0 Å². The van der Waals surface area contributed by atoms with Crippen LogP contribution in [-0.4, -0.2) is 37.3 Å². The summed E-state index contributed by atoms with van der Waals surface area (Å²) in [6, 6.07) is 9.98. The normalized spacial score (nSPS) is 31.7. The molecule has 0 unspecified atom stereocenters. The lowest BCUT2D eigenvalue weighted by molar-refractivity contribution is -0.156. The summed E-state index contributed by atoms with van der Waals surface area (Å²) in [5, 5.41) is 9.84. The van der Waals surface area contributed by atoms with Gasteiger partial charge in [-0.2, -0.15) is 0 Å². The fraction of sp³-hybridized carbons (Fsp3) is 0.571. The molecule has 1 aliphatic rings. The van der Waals surface area contributed by atoms with E-state index in [1.807, 2.05) is 37.3 Å². The topological polar surface area (TPSA) is 47.9 Å². The second-order valence-electron chi connectivity index (χ2n) is 4.63. The Balaban J connectivity index is 1.77. The van der Waals surface area contributed by atoms with Crippen molar-refractivity contribution in [2.75, 3.05) is 13.7 Å². The third-order valence-electron chi connectivity index (χ3n) is 3.34. The zero-order valence-electron chi connectivity index (χ0n) is 10.8. The van der Waals surface area contributed by atoms with E-state index >= 15 is 0 Å². The summed E-state index contributed by atoms with van der Waals surface area (Å²) in [6.07, 6.45) is -1.24. The van der Waals surface area contributed by atoms with Gasteiger partial charge in [-0.15, -0.1) is 0 Å². The van der Waals surface area contributed by atoms with Crippen LogP contribution in [0.15, 0.2) is 30.3 Å². The molecule has 1 aromatic rings. The number of benzene rings is 1. The number of hydrogen-bond acceptors (Lipinski definition) is 4. The molecule has 1 aromatic carbocycles. The maximum Gasteiger partial charge on any atom is 0.183 e. The van der Waals surface area contributed by atoms with Gasteiger partial charge in [0.25, 0.3) is 0 Å². The molecule has 100 valence electrons. The van der Waals surface area contributed by atoms with E-state index in [1.54, 1.807) is 0 Å². The molecule has 0 saturated carbocycles. The summed E-state index contributed by atoms with van der Waals surface area (Å²) in [5.41, 5.74) is 1.13. The molecule has 0 bridgehead atoms. The van der Waals surface area contributed by atoms with Crippen LogP contribution >= 0.6 is 0 Å². The van der Waals surface area contributed by atoms with Gasteiger partial charge in [0.2, 0.25) is 0 Å². The van der Waals surface area contributed by atoms with Gasteiger partial charge < -0.3 is 19.3 Å². The van der Waals surface area contributed by atoms with Gasteiger partial charge in [0.05, 0.1) is 19.3 Å². The largest absolute Gasteiger partial charge is 0.387 e. The van der Waals surface area contributed by atoms with Crippen molar-refractivity contribution < 1.29 is 19.3 Å². The predicted octanol–water partition coefficient (Wildman–Crippen LogP) is 1.57. The van der Waals surface area contributed by atoms with Crippen molar-refractivity contribution in [1.29, 1.82) is 0 Å². The average molecular weight is 252 g/mol. The lowest BCUT2D eigenvalue weighted by atomic mass is 10.0. The number of hydrogen-bond donors (Lipinski definition) is 1. The molecule has 1 aliphatic heterocycles. The zero-order valence-corrected chi connectivity index (χ0v) is 10.8. The Kier molecular flexibility index (Phi) is 4.72. The summed E-state index contributed by atoms with van der Waals surface area (Å²) < 4.78 is 16.3. The summed E-state index contributed by atoms with van der Waals surface area (Å²) in [7, 11) is 1.54. The fourth-order valence-corrected chi connectivity index (χ4v) is 2.10. The molecule has 0 aliphatic carbocycles. The zero-order chi connectivity index (χ0) is 13.0. The molecule has 1 saturated heterocycles. The summed E-state index contributed by atoms with van der Waals surface area (Å²) >= 11 is 0. The van der Waals surface area contributed by atoms with Gasteiger partial charge in [0.1, 0.15) is 6.10 Å². The highest BCUT2D eigenvalue weighted by Gasteiger charge is 2.40. The SMILES string of the molecule is CO[C@@H]1O[C@H](COCc2ccccc2)[C@H](C)[C@H]1O. The number of ether oxygens (including phenoxy) is 3. The quantitative estimate of drug-likeness (QED) is 0.864. The Morgan fingerprint density at radius 2 is 2.00 bits per heavy atom. The third-order valence-corrected chi connectivity index (χ3v) is 3.34. The second kappa shape index (κ2) is 6.29. The van der Waals surface area contributed by atoms with Gasteiger partial charge in [-0.1, -0.05) is 37.3 Å². The van der Waals surface area contributed by atoms with E-state index < -0.39 is 12.4 Å². The van der Waals surface area contributed by atoms with Crippen molar-refractivity contribution >= 4 is 0 Å². The molecule has 0 spiro atoms. The highest BCUT2D eigenvalue weighted by Crippen LogP contribution is 2.27. The predicted molar refractivity (Wildman–Crippen MR) is 66.9 cm³/mol. The minimum absolute atomic E-state index is 0.0192. The van der Waals surface area contributed by atoms with Crippen molar-refractivity contribution in [3.63, 3.8) is 0 Å². The van der Waals surface area contributed by atoms with Crippen molar-refractivity contribution in [2.24, 2.45) is 5.92 Å². The van der Waals surface area contributed by atoms with Crippen LogP contribution in [0.3, 0.4) is 0 Å². The minimum Gasteiger partial charge on any atom is -0.387 e. The van der Waals surface area contributed by atoms with Crippen LogP contribution < -0.4 is 0 Å². The smallest absolute Gasteiger partial charge is 0.183 e. The third kappa shape index (κ3) is 3.09. The number of methoxy groups -OCH3 is 1.